The summed E-state index contributed by atoms with van der Waals surface area (Å²) in [6.07, 6.45) is -6.14. The van der Waals surface area contributed by atoms with Crippen LogP contribution in [0.1, 0.15) is 11.1 Å². The number of nitrogens with one attached hydrogen (secondary N) is 2. The lowest BCUT2D eigenvalue weighted by atomic mass is 10.1. The van der Waals surface area contributed by atoms with Gasteiger partial charge in [0.1, 0.15) is 0 Å². The lowest BCUT2D eigenvalue weighted by molar-refractivity contribution is -0.136. The molecular formula is C10H12F3N3O4S. The Hall–Kier alpha value is -2.01. The molecule has 1 amide bonds. The van der Waals surface area contributed by atoms with Gasteiger partial charge < -0.3 is 10.5 Å². The standard InChI is InChI=1S/C10H12F3N3O4S/c1-20-9(17)16-21(18,19)15-8-3-2-6(5-14)4-7(8)10(11,12)13/h2-4,15H,5,14H2,1H3,(H,16,17). The third-order valence-electron chi connectivity index (χ3n) is 2.27. The van der Waals surface area contributed by atoms with E-state index >= 15 is 0 Å². The number of hydrogen-bond donors (Lipinski definition) is 3. The van der Waals surface area contributed by atoms with Crippen LogP contribution in [0.25, 0.3) is 0 Å². The molecule has 7 nitrogen and oxygen atoms in total. The molecule has 0 fully saturated rings. The highest BCUT2D eigenvalue weighted by Crippen LogP contribution is 2.35. The minimum absolute atomic E-state index is 0.142. The van der Waals surface area contributed by atoms with Gasteiger partial charge in [0.15, 0.2) is 0 Å². The Kier molecular flexibility index (Phi) is 5.01. The summed E-state index contributed by atoms with van der Waals surface area (Å²) in [5, 5.41) is 0. The minimum Gasteiger partial charge on any atom is -0.452 e. The van der Waals surface area contributed by atoms with Crippen LogP contribution in [0.15, 0.2) is 18.2 Å². The van der Waals surface area contributed by atoms with E-state index in [1.54, 1.807) is 4.72 Å². The number of carbonyl (C=O) groups is 1. The summed E-state index contributed by atoms with van der Waals surface area (Å²) >= 11 is 0. The smallest absolute Gasteiger partial charge is 0.422 e. The molecule has 1 aromatic rings. The van der Waals surface area contributed by atoms with E-state index in [0.717, 1.165) is 19.2 Å². The zero-order valence-corrected chi connectivity index (χ0v) is 11.5. The molecule has 0 heterocycles. The Morgan fingerprint density at radius 1 is 1.38 bits per heavy atom. The van der Waals surface area contributed by atoms with Crippen molar-refractivity contribution in [3.8, 4) is 0 Å². The summed E-state index contributed by atoms with van der Waals surface area (Å²) in [5.41, 5.74) is 3.45. The van der Waals surface area contributed by atoms with Gasteiger partial charge in [0.2, 0.25) is 0 Å². The van der Waals surface area contributed by atoms with Crippen molar-refractivity contribution in [2.45, 2.75) is 12.7 Å². The molecule has 0 aromatic heterocycles. The normalized spacial score (nSPS) is 11.9. The van der Waals surface area contributed by atoms with Gasteiger partial charge in [-0.15, -0.1) is 0 Å². The Morgan fingerprint density at radius 2 is 2.00 bits per heavy atom. The molecule has 118 valence electrons. The topological polar surface area (TPSA) is 111 Å². The van der Waals surface area contributed by atoms with Crippen molar-refractivity contribution < 1.29 is 31.1 Å². The molecule has 0 bridgehead atoms. The first-order valence-electron chi connectivity index (χ1n) is 5.37. The molecule has 11 heteroatoms. The first kappa shape index (κ1) is 17.0. The Bertz CT molecular complexity index is 631. The van der Waals surface area contributed by atoms with Crippen molar-refractivity contribution in [2.75, 3.05) is 11.8 Å². The maximum atomic E-state index is 12.9. The Morgan fingerprint density at radius 3 is 2.48 bits per heavy atom. The van der Waals surface area contributed by atoms with Crippen LogP contribution in [0.2, 0.25) is 0 Å². The van der Waals surface area contributed by atoms with E-state index in [4.69, 9.17) is 5.73 Å². The van der Waals surface area contributed by atoms with Crippen molar-refractivity contribution in [1.82, 2.24) is 4.72 Å². The zero-order valence-electron chi connectivity index (χ0n) is 10.7. The second kappa shape index (κ2) is 6.18. The van der Waals surface area contributed by atoms with Crippen LogP contribution in [-0.4, -0.2) is 21.6 Å². The first-order valence-corrected chi connectivity index (χ1v) is 6.86. The number of alkyl halides is 3. The molecule has 0 saturated heterocycles. The molecule has 1 rings (SSSR count). The molecule has 0 aliphatic carbocycles. The maximum absolute atomic E-state index is 12.9. The van der Waals surface area contributed by atoms with E-state index in [2.05, 4.69) is 4.74 Å². The lowest BCUT2D eigenvalue weighted by Crippen LogP contribution is -2.35. The van der Waals surface area contributed by atoms with Gasteiger partial charge in [0, 0.05) is 6.54 Å². The number of carbonyl (C=O) groups excluding carboxylic acids is 1. The lowest BCUT2D eigenvalue weighted by Gasteiger charge is -2.15. The Labute approximate surface area is 118 Å². The monoisotopic (exact) mass is 327 g/mol. The van der Waals surface area contributed by atoms with Crippen LogP contribution in [0.3, 0.4) is 0 Å². The highest BCUT2D eigenvalue weighted by molar-refractivity contribution is 7.91. The van der Waals surface area contributed by atoms with Crippen molar-refractivity contribution >= 4 is 22.0 Å². The van der Waals surface area contributed by atoms with E-state index in [9.17, 15) is 26.4 Å². The van der Waals surface area contributed by atoms with Crippen LogP contribution in [-0.2, 0) is 27.7 Å². The van der Waals surface area contributed by atoms with Crippen molar-refractivity contribution in [2.24, 2.45) is 5.73 Å². The second-order valence-corrected chi connectivity index (χ2v) is 5.20. The predicted octanol–water partition coefficient (Wildman–Crippen LogP) is 1.18. The second-order valence-electron chi connectivity index (χ2n) is 3.78. The van der Waals surface area contributed by atoms with Gasteiger partial charge in [0.05, 0.1) is 18.4 Å². The molecule has 0 aliphatic heterocycles. The van der Waals surface area contributed by atoms with Gasteiger partial charge in [0.25, 0.3) is 0 Å². The number of nitrogens with two attached hydrogens (primary N) is 1. The molecule has 0 unspecified atom stereocenters. The third-order valence-corrected chi connectivity index (χ3v) is 3.20. The summed E-state index contributed by atoms with van der Waals surface area (Å²) in [4.78, 5) is 10.8. The van der Waals surface area contributed by atoms with Gasteiger partial charge in [-0.2, -0.15) is 21.6 Å². The van der Waals surface area contributed by atoms with Crippen LogP contribution in [0, 0.1) is 0 Å². The van der Waals surface area contributed by atoms with Crippen LogP contribution in [0.4, 0.5) is 23.7 Å². The summed E-state index contributed by atoms with van der Waals surface area (Å²) < 4.78 is 68.6. The fraction of sp³-hybridized carbons (Fsp3) is 0.300. The van der Waals surface area contributed by atoms with E-state index in [0.29, 0.717) is 0 Å². The molecule has 21 heavy (non-hydrogen) atoms. The number of ether oxygens (including phenoxy) is 1. The average Bonchev–Trinajstić information content (AvgIpc) is 2.36. The quantitative estimate of drug-likeness (QED) is 0.769. The number of methoxy groups -OCH3 is 1. The molecule has 0 aliphatic rings. The number of halogens is 3. The zero-order chi connectivity index (χ0) is 16.3. The first-order chi connectivity index (χ1) is 9.59. The van der Waals surface area contributed by atoms with Gasteiger partial charge in [-0.1, -0.05) is 6.07 Å². The summed E-state index contributed by atoms with van der Waals surface area (Å²) in [5.74, 6) is 0. The summed E-state index contributed by atoms with van der Waals surface area (Å²) in [6.45, 7) is -0.142. The maximum Gasteiger partial charge on any atom is 0.422 e. The number of rotatable bonds is 4. The van der Waals surface area contributed by atoms with E-state index in [1.165, 1.54) is 10.8 Å². The van der Waals surface area contributed by atoms with Gasteiger partial charge in [-0.05, 0) is 17.7 Å². The van der Waals surface area contributed by atoms with Crippen LogP contribution in [0.5, 0.6) is 0 Å². The molecule has 1 aromatic carbocycles. The van der Waals surface area contributed by atoms with Crippen LogP contribution < -0.4 is 15.2 Å². The molecule has 0 radical (unpaired) electrons. The van der Waals surface area contributed by atoms with Crippen molar-refractivity contribution in [3.63, 3.8) is 0 Å². The molecular weight excluding hydrogens is 315 g/mol. The van der Waals surface area contributed by atoms with Gasteiger partial charge in [-0.25, -0.2) is 9.52 Å². The summed E-state index contributed by atoms with van der Waals surface area (Å²) in [6, 6.07) is 2.85. The van der Waals surface area contributed by atoms with Crippen LogP contribution >= 0.6 is 0 Å². The third kappa shape index (κ3) is 4.79. The van der Waals surface area contributed by atoms with Gasteiger partial charge >= 0.3 is 22.5 Å². The van der Waals surface area contributed by atoms with Crippen molar-refractivity contribution in [3.05, 3.63) is 29.3 Å². The number of anilines is 1. The SMILES string of the molecule is COC(=O)NS(=O)(=O)Nc1ccc(CN)cc1C(F)(F)F. The van der Waals surface area contributed by atoms with E-state index in [-0.39, 0.29) is 12.1 Å². The molecule has 0 atom stereocenters. The van der Waals surface area contributed by atoms with E-state index in [1.807, 2.05) is 0 Å². The predicted molar refractivity (Wildman–Crippen MR) is 67.4 cm³/mol. The Balaban J connectivity index is 3.16. The highest BCUT2D eigenvalue weighted by atomic mass is 32.2. The highest BCUT2D eigenvalue weighted by Gasteiger charge is 2.35. The number of benzene rings is 1. The number of amides is 1. The molecule has 0 spiro atoms. The number of hydrogen-bond acceptors (Lipinski definition) is 5. The fourth-order valence-corrected chi connectivity index (χ4v) is 2.18. The molecule has 0 saturated carbocycles. The summed E-state index contributed by atoms with van der Waals surface area (Å²) in [7, 11) is -3.65. The minimum atomic E-state index is -4.80. The van der Waals surface area contributed by atoms with Crippen molar-refractivity contribution in [1.29, 1.82) is 0 Å². The van der Waals surface area contributed by atoms with Gasteiger partial charge in [-0.3, -0.25) is 4.72 Å². The van der Waals surface area contributed by atoms with E-state index < -0.39 is 33.7 Å². The average molecular weight is 327 g/mol. The fourth-order valence-electron chi connectivity index (χ4n) is 1.36. The molecule has 4 N–H and O–H groups in total. The largest absolute Gasteiger partial charge is 0.452 e.